The van der Waals surface area contributed by atoms with E-state index in [4.69, 9.17) is 0 Å². The monoisotopic (exact) mass is 200 g/mol. The molecule has 0 radical (unpaired) electrons. The lowest BCUT2D eigenvalue weighted by Crippen LogP contribution is -2.12. The summed E-state index contributed by atoms with van der Waals surface area (Å²) in [6, 6.07) is 9.54. The van der Waals surface area contributed by atoms with Crippen LogP contribution in [0.1, 0.15) is 24.4 Å². The molecule has 15 heavy (non-hydrogen) atoms. The highest BCUT2D eigenvalue weighted by atomic mass is 14.9. The number of rotatable bonds is 1. The van der Waals surface area contributed by atoms with Crippen molar-refractivity contribution in [2.75, 3.05) is 6.54 Å². The highest BCUT2D eigenvalue weighted by Crippen LogP contribution is 2.26. The Balaban J connectivity index is 2.08. The van der Waals surface area contributed by atoms with Gasteiger partial charge in [0.1, 0.15) is 0 Å². The maximum absolute atomic E-state index is 3.54. The highest BCUT2D eigenvalue weighted by Gasteiger charge is 2.16. The van der Waals surface area contributed by atoms with Gasteiger partial charge in [0.25, 0.3) is 0 Å². The number of fused-ring (bicyclic) bond motifs is 1. The molecule has 1 aliphatic heterocycles. The second-order valence-electron chi connectivity index (χ2n) is 4.39. The van der Waals surface area contributed by atoms with E-state index in [1.54, 1.807) is 0 Å². The van der Waals surface area contributed by atoms with Gasteiger partial charge in [0.2, 0.25) is 0 Å². The topological polar surface area (TPSA) is 17.0 Å². The molecule has 78 valence electrons. The zero-order valence-corrected chi connectivity index (χ0v) is 9.03. The van der Waals surface area contributed by atoms with E-state index in [-0.39, 0.29) is 0 Å². The van der Waals surface area contributed by atoms with Crippen LogP contribution in [0.4, 0.5) is 0 Å². The summed E-state index contributed by atoms with van der Waals surface area (Å²) in [7, 11) is 2.11. The summed E-state index contributed by atoms with van der Waals surface area (Å²) in [6.07, 6.45) is 4.70. The summed E-state index contributed by atoms with van der Waals surface area (Å²) >= 11 is 0. The minimum Gasteiger partial charge on any atom is -0.351 e. The summed E-state index contributed by atoms with van der Waals surface area (Å²) in [5.74, 6) is 0. The van der Waals surface area contributed by atoms with Crippen molar-refractivity contribution in [2.45, 2.75) is 18.9 Å². The van der Waals surface area contributed by atoms with Crippen molar-refractivity contribution in [3.05, 3.63) is 36.0 Å². The molecule has 2 aromatic rings. The molecule has 1 aliphatic rings. The SMILES string of the molecule is Cn1ccc2ccc([C@@H]3CCCN3)cc21. The third-order valence-electron chi connectivity index (χ3n) is 3.37. The van der Waals surface area contributed by atoms with E-state index in [0.717, 1.165) is 6.54 Å². The van der Waals surface area contributed by atoms with Crippen molar-refractivity contribution in [1.29, 1.82) is 0 Å². The molecule has 0 aliphatic carbocycles. The molecule has 1 fully saturated rings. The fourth-order valence-corrected chi connectivity index (χ4v) is 2.47. The first-order chi connectivity index (χ1) is 7.34. The van der Waals surface area contributed by atoms with Gasteiger partial charge in [-0.3, -0.25) is 0 Å². The van der Waals surface area contributed by atoms with E-state index >= 15 is 0 Å². The quantitative estimate of drug-likeness (QED) is 0.748. The molecule has 3 rings (SSSR count). The molecular weight excluding hydrogens is 184 g/mol. The molecule has 2 heterocycles. The zero-order chi connectivity index (χ0) is 10.3. The van der Waals surface area contributed by atoms with E-state index in [1.165, 1.54) is 29.3 Å². The summed E-state index contributed by atoms with van der Waals surface area (Å²) in [4.78, 5) is 0. The van der Waals surface area contributed by atoms with Crippen LogP contribution in [0.3, 0.4) is 0 Å². The summed E-state index contributed by atoms with van der Waals surface area (Å²) in [5.41, 5.74) is 2.77. The van der Waals surface area contributed by atoms with Gasteiger partial charge in [-0.15, -0.1) is 0 Å². The molecule has 1 aromatic carbocycles. The Morgan fingerprint density at radius 2 is 2.27 bits per heavy atom. The molecule has 1 aromatic heterocycles. The Hall–Kier alpha value is -1.28. The predicted octanol–water partition coefficient (Wildman–Crippen LogP) is 2.60. The van der Waals surface area contributed by atoms with Crippen molar-refractivity contribution in [3.63, 3.8) is 0 Å². The second-order valence-corrected chi connectivity index (χ2v) is 4.39. The maximum atomic E-state index is 3.54. The molecular formula is C13H16N2. The number of nitrogens with one attached hydrogen (secondary N) is 1. The number of hydrogen-bond donors (Lipinski definition) is 1. The Morgan fingerprint density at radius 3 is 3.07 bits per heavy atom. The number of aryl methyl sites for hydroxylation is 1. The van der Waals surface area contributed by atoms with Crippen molar-refractivity contribution in [1.82, 2.24) is 9.88 Å². The molecule has 0 saturated carbocycles. The van der Waals surface area contributed by atoms with E-state index in [2.05, 4.69) is 47.4 Å². The predicted molar refractivity (Wildman–Crippen MR) is 62.9 cm³/mol. The fraction of sp³-hybridized carbons (Fsp3) is 0.385. The summed E-state index contributed by atoms with van der Waals surface area (Å²) in [5, 5.41) is 4.87. The van der Waals surface area contributed by atoms with Gasteiger partial charge in [-0.05, 0) is 42.5 Å². The highest BCUT2D eigenvalue weighted by molar-refractivity contribution is 5.80. The first-order valence-electron chi connectivity index (χ1n) is 5.63. The Bertz CT molecular complexity index is 478. The number of aromatic nitrogens is 1. The van der Waals surface area contributed by atoms with E-state index in [0.29, 0.717) is 6.04 Å². The lowest BCUT2D eigenvalue weighted by Gasteiger charge is -2.10. The van der Waals surface area contributed by atoms with Crippen molar-refractivity contribution in [2.24, 2.45) is 7.05 Å². The summed E-state index contributed by atoms with van der Waals surface area (Å²) in [6.45, 7) is 1.16. The number of benzene rings is 1. The van der Waals surface area contributed by atoms with Crippen LogP contribution in [0.25, 0.3) is 10.9 Å². The smallest absolute Gasteiger partial charge is 0.0481 e. The van der Waals surface area contributed by atoms with Gasteiger partial charge in [-0.2, -0.15) is 0 Å². The molecule has 1 saturated heterocycles. The van der Waals surface area contributed by atoms with Crippen molar-refractivity contribution >= 4 is 10.9 Å². The van der Waals surface area contributed by atoms with Gasteiger partial charge >= 0.3 is 0 Å². The fourth-order valence-electron chi connectivity index (χ4n) is 2.47. The van der Waals surface area contributed by atoms with Crippen LogP contribution < -0.4 is 5.32 Å². The first kappa shape index (κ1) is 8.98. The third kappa shape index (κ3) is 1.45. The van der Waals surface area contributed by atoms with Crippen LogP contribution in [0.15, 0.2) is 30.5 Å². The average Bonchev–Trinajstić information content (AvgIpc) is 2.88. The zero-order valence-electron chi connectivity index (χ0n) is 9.03. The molecule has 1 atom stereocenters. The van der Waals surface area contributed by atoms with E-state index in [1.807, 2.05) is 0 Å². The number of nitrogens with zero attached hydrogens (tertiary/aromatic N) is 1. The minimum atomic E-state index is 0.573. The van der Waals surface area contributed by atoms with Gasteiger partial charge in [0, 0.05) is 24.8 Å². The van der Waals surface area contributed by atoms with Crippen LogP contribution >= 0.6 is 0 Å². The van der Waals surface area contributed by atoms with Crippen molar-refractivity contribution in [3.8, 4) is 0 Å². The minimum absolute atomic E-state index is 0.573. The molecule has 0 unspecified atom stereocenters. The lowest BCUT2D eigenvalue weighted by atomic mass is 10.0. The Kier molecular flexibility index (Phi) is 2.03. The van der Waals surface area contributed by atoms with Gasteiger partial charge in [-0.1, -0.05) is 12.1 Å². The Morgan fingerprint density at radius 1 is 1.33 bits per heavy atom. The van der Waals surface area contributed by atoms with Crippen LogP contribution in [-0.2, 0) is 7.05 Å². The molecule has 2 heteroatoms. The largest absolute Gasteiger partial charge is 0.351 e. The standard InChI is InChI=1S/C13H16N2/c1-15-8-6-10-4-5-11(9-13(10)15)12-3-2-7-14-12/h4-6,8-9,12,14H,2-3,7H2,1H3/t12-/m0/s1. The van der Waals surface area contributed by atoms with Gasteiger partial charge < -0.3 is 9.88 Å². The molecule has 0 spiro atoms. The van der Waals surface area contributed by atoms with Gasteiger partial charge in [-0.25, -0.2) is 0 Å². The second kappa shape index (κ2) is 3.38. The van der Waals surface area contributed by atoms with E-state index < -0.39 is 0 Å². The average molecular weight is 200 g/mol. The first-order valence-corrected chi connectivity index (χ1v) is 5.63. The van der Waals surface area contributed by atoms with Crippen molar-refractivity contribution < 1.29 is 0 Å². The maximum Gasteiger partial charge on any atom is 0.0481 e. The van der Waals surface area contributed by atoms with Crippen LogP contribution in [0.5, 0.6) is 0 Å². The molecule has 2 nitrogen and oxygen atoms in total. The molecule has 1 N–H and O–H groups in total. The van der Waals surface area contributed by atoms with Crippen LogP contribution in [0.2, 0.25) is 0 Å². The third-order valence-corrected chi connectivity index (χ3v) is 3.37. The summed E-state index contributed by atoms with van der Waals surface area (Å²) < 4.78 is 2.19. The van der Waals surface area contributed by atoms with Crippen LogP contribution in [-0.4, -0.2) is 11.1 Å². The molecule has 0 amide bonds. The number of hydrogen-bond acceptors (Lipinski definition) is 1. The molecule has 0 bridgehead atoms. The normalized spacial score (nSPS) is 21.3. The Labute approximate surface area is 89.9 Å². The lowest BCUT2D eigenvalue weighted by molar-refractivity contribution is 0.648. The van der Waals surface area contributed by atoms with Crippen LogP contribution in [0, 0.1) is 0 Å². The van der Waals surface area contributed by atoms with E-state index in [9.17, 15) is 0 Å². The van der Waals surface area contributed by atoms with Gasteiger partial charge in [0.05, 0.1) is 0 Å². The van der Waals surface area contributed by atoms with Gasteiger partial charge in [0.15, 0.2) is 0 Å².